The zero-order chi connectivity index (χ0) is 18.0. The maximum Gasteiger partial charge on any atom is 0.255 e. The van der Waals surface area contributed by atoms with Crippen molar-refractivity contribution in [3.05, 3.63) is 64.9 Å². The lowest BCUT2D eigenvalue weighted by Gasteiger charge is -2.17. The van der Waals surface area contributed by atoms with Crippen molar-refractivity contribution in [3.63, 3.8) is 0 Å². The number of nitrogens with zero attached hydrogens (tertiary/aromatic N) is 4. The summed E-state index contributed by atoms with van der Waals surface area (Å²) in [5, 5.41) is 4.06. The molecule has 0 N–H and O–H groups in total. The Kier molecular flexibility index (Phi) is 4.70. The Morgan fingerprint density at radius 1 is 1.24 bits per heavy atom. The van der Waals surface area contributed by atoms with Crippen LogP contribution < -0.4 is 0 Å². The fraction of sp³-hybridized carbons (Fsp3) is 0.316. The van der Waals surface area contributed by atoms with Crippen molar-refractivity contribution in [2.45, 2.75) is 27.2 Å². The number of likely N-dealkylation sites (N-methyl/N-ethyl adjacent to an activating group) is 1. The molecular formula is C19H22N4O2. The largest absolute Gasteiger partial charge is 0.360 e. The molecule has 0 bridgehead atoms. The molecule has 3 rings (SSSR count). The second-order valence-corrected chi connectivity index (χ2v) is 6.21. The standard InChI is InChI=1S/C19H22N4O2/c1-13-11-17(15(3)23(13)18-12-14(2)25-21-18)19(24)22(4)10-8-16-7-5-6-9-20-16/h5-7,9,11-12H,8,10H2,1-4H3. The first-order valence-electron chi connectivity index (χ1n) is 8.25. The lowest BCUT2D eigenvalue weighted by atomic mass is 10.2. The number of aromatic nitrogens is 3. The van der Waals surface area contributed by atoms with Crippen LogP contribution in [0.4, 0.5) is 0 Å². The first kappa shape index (κ1) is 17.0. The zero-order valence-corrected chi connectivity index (χ0v) is 15.0. The topological polar surface area (TPSA) is 64.2 Å². The van der Waals surface area contributed by atoms with Crippen molar-refractivity contribution in [1.29, 1.82) is 0 Å². The third-order valence-electron chi connectivity index (χ3n) is 4.28. The van der Waals surface area contributed by atoms with Crippen LogP contribution in [0, 0.1) is 20.8 Å². The molecule has 25 heavy (non-hydrogen) atoms. The average molecular weight is 338 g/mol. The van der Waals surface area contributed by atoms with Crippen molar-refractivity contribution in [1.82, 2.24) is 19.6 Å². The van der Waals surface area contributed by atoms with Gasteiger partial charge in [0.2, 0.25) is 0 Å². The Balaban J connectivity index is 1.78. The number of amides is 1. The molecule has 1 amide bonds. The molecule has 0 aliphatic heterocycles. The van der Waals surface area contributed by atoms with Crippen LogP contribution in [0.15, 0.2) is 41.1 Å². The smallest absolute Gasteiger partial charge is 0.255 e. The van der Waals surface area contributed by atoms with Crippen LogP contribution in [0.1, 0.15) is 33.2 Å². The highest BCUT2D eigenvalue weighted by molar-refractivity contribution is 5.95. The average Bonchev–Trinajstić information content (AvgIpc) is 3.15. The van der Waals surface area contributed by atoms with Gasteiger partial charge in [0.25, 0.3) is 5.91 Å². The molecule has 0 aliphatic carbocycles. The van der Waals surface area contributed by atoms with Crippen molar-refractivity contribution in [2.75, 3.05) is 13.6 Å². The van der Waals surface area contributed by atoms with Crippen LogP contribution in [0.2, 0.25) is 0 Å². The summed E-state index contributed by atoms with van der Waals surface area (Å²) in [6, 6.07) is 9.58. The van der Waals surface area contributed by atoms with E-state index in [0.29, 0.717) is 17.9 Å². The van der Waals surface area contributed by atoms with Gasteiger partial charge in [-0.15, -0.1) is 0 Å². The van der Waals surface area contributed by atoms with E-state index in [4.69, 9.17) is 4.52 Å². The Bertz CT molecular complexity index is 880. The first-order chi connectivity index (χ1) is 12.0. The van der Waals surface area contributed by atoms with Gasteiger partial charge in [-0.05, 0) is 39.0 Å². The van der Waals surface area contributed by atoms with E-state index in [-0.39, 0.29) is 5.91 Å². The minimum absolute atomic E-state index is 0.00417. The lowest BCUT2D eigenvalue weighted by Crippen LogP contribution is -2.29. The summed E-state index contributed by atoms with van der Waals surface area (Å²) < 4.78 is 7.10. The van der Waals surface area contributed by atoms with Gasteiger partial charge in [0.15, 0.2) is 5.82 Å². The molecule has 0 spiro atoms. The SMILES string of the molecule is Cc1cc(-n2c(C)cc(C(=O)N(C)CCc3ccccn3)c2C)no1. The normalized spacial score (nSPS) is 10.9. The number of rotatable bonds is 5. The number of pyridine rings is 1. The van der Waals surface area contributed by atoms with E-state index in [2.05, 4.69) is 10.1 Å². The quantitative estimate of drug-likeness (QED) is 0.717. The maximum absolute atomic E-state index is 12.8. The van der Waals surface area contributed by atoms with Crippen LogP contribution in [0.3, 0.4) is 0 Å². The second kappa shape index (κ2) is 6.93. The molecule has 130 valence electrons. The van der Waals surface area contributed by atoms with Crippen molar-refractivity contribution < 1.29 is 9.32 Å². The van der Waals surface area contributed by atoms with E-state index in [1.54, 1.807) is 11.1 Å². The third kappa shape index (κ3) is 3.47. The molecule has 0 saturated carbocycles. The molecule has 0 saturated heterocycles. The molecule has 6 nitrogen and oxygen atoms in total. The summed E-state index contributed by atoms with van der Waals surface area (Å²) in [5.74, 6) is 1.43. The molecule has 0 unspecified atom stereocenters. The van der Waals surface area contributed by atoms with Crippen LogP contribution in [0.25, 0.3) is 5.82 Å². The molecule has 6 heteroatoms. The van der Waals surface area contributed by atoms with Gasteiger partial charge in [-0.25, -0.2) is 0 Å². The number of carbonyl (C=O) groups is 1. The molecule has 0 fully saturated rings. The van der Waals surface area contributed by atoms with Crippen molar-refractivity contribution in [3.8, 4) is 5.82 Å². The summed E-state index contributed by atoms with van der Waals surface area (Å²) in [4.78, 5) is 18.9. The number of hydrogen-bond donors (Lipinski definition) is 0. The summed E-state index contributed by atoms with van der Waals surface area (Å²) in [7, 11) is 1.82. The van der Waals surface area contributed by atoms with Gasteiger partial charge in [0.1, 0.15) is 5.76 Å². The Morgan fingerprint density at radius 3 is 2.68 bits per heavy atom. The minimum atomic E-state index is -0.00417. The highest BCUT2D eigenvalue weighted by atomic mass is 16.5. The monoisotopic (exact) mass is 338 g/mol. The number of carbonyl (C=O) groups excluding carboxylic acids is 1. The van der Waals surface area contributed by atoms with E-state index in [1.165, 1.54) is 0 Å². The lowest BCUT2D eigenvalue weighted by molar-refractivity contribution is 0.0795. The maximum atomic E-state index is 12.8. The summed E-state index contributed by atoms with van der Waals surface area (Å²) in [5.41, 5.74) is 3.47. The Morgan fingerprint density at radius 2 is 2.04 bits per heavy atom. The highest BCUT2D eigenvalue weighted by Gasteiger charge is 2.21. The van der Waals surface area contributed by atoms with E-state index < -0.39 is 0 Å². The molecule has 0 aliphatic rings. The van der Waals surface area contributed by atoms with Gasteiger partial charge >= 0.3 is 0 Å². The Hall–Kier alpha value is -2.89. The predicted octanol–water partition coefficient (Wildman–Crippen LogP) is 3.10. The van der Waals surface area contributed by atoms with E-state index in [1.807, 2.05) is 62.7 Å². The molecule has 3 aromatic heterocycles. The highest BCUT2D eigenvalue weighted by Crippen LogP contribution is 2.21. The molecule has 0 radical (unpaired) electrons. The fourth-order valence-electron chi connectivity index (χ4n) is 2.93. The van der Waals surface area contributed by atoms with E-state index >= 15 is 0 Å². The van der Waals surface area contributed by atoms with Crippen LogP contribution in [-0.4, -0.2) is 39.1 Å². The summed E-state index contributed by atoms with van der Waals surface area (Å²) in [6.45, 7) is 6.35. The van der Waals surface area contributed by atoms with Crippen molar-refractivity contribution >= 4 is 5.91 Å². The van der Waals surface area contributed by atoms with E-state index in [9.17, 15) is 4.79 Å². The third-order valence-corrected chi connectivity index (χ3v) is 4.28. The van der Waals surface area contributed by atoms with E-state index in [0.717, 1.165) is 29.3 Å². The zero-order valence-electron chi connectivity index (χ0n) is 15.0. The molecule has 3 heterocycles. The van der Waals surface area contributed by atoms with Crippen LogP contribution in [-0.2, 0) is 6.42 Å². The number of hydrogen-bond acceptors (Lipinski definition) is 4. The van der Waals surface area contributed by atoms with Crippen molar-refractivity contribution in [2.24, 2.45) is 0 Å². The summed E-state index contributed by atoms with van der Waals surface area (Å²) in [6.07, 6.45) is 2.50. The van der Waals surface area contributed by atoms with Crippen LogP contribution in [0.5, 0.6) is 0 Å². The van der Waals surface area contributed by atoms with Gasteiger partial charge in [-0.1, -0.05) is 11.2 Å². The number of aryl methyl sites for hydroxylation is 2. The summed E-state index contributed by atoms with van der Waals surface area (Å²) >= 11 is 0. The molecule has 0 aromatic carbocycles. The molecular weight excluding hydrogens is 316 g/mol. The molecule has 0 atom stereocenters. The predicted molar refractivity (Wildman–Crippen MR) is 94.9 cm³/mol. The van der Waals surface area contributed by atoms with Gasteiger partial charge in [-0.2, -0.15) is 0 Å². The van der Waals surface area contributed by atoms with Gasteiger partial charge in [0, 0.05) is 49.4 Å². The second-order valence-electron chi connectivity index (χ2n) is 6.21. The minimum Gasteiger partial charge on any atom is -0.360 e. The van der Waals surface area contributed by atoms with Crippen LogP contribution >= 0.6 is 0 Å². The van der Waals surface area contributed by atoms with Gasteiger partial charge < -0.3 is 9.42 Å². The van der Waals surface area contributed by atoms with Gasteiger partial charge in [-0.3, -0.25) is 14.3 Å². The Labute approximate surface area is 147 Å². The first-order valence-corrected chi connectivity index (χ1v) is 8.25. The van der Waals surface area contributed by atoms with Gasteiger partial charge in [0.05, 0.1) is 5.56 Å². The molecule has 3 aromatic rings. The fourth-order valence-corrected chi connectivity index (χ4v) is 2.93.